The summed E-state index contributed by atoms with van der Waals surface area (Å²) in [5.74, 6) is -0.378. The van der Waals surface area contributed by atoms with Crippen LogP contribution in [0.25, 0.3) is 10.9 Å². The summed E-state index contributed by atoms with van der Waals surface area (Å²) >= 11 is 0. The Bertz CT molecular complexity index is 1650. The first kappa shape index (κ1) is 28.8. The van der Waals surface area contributed by atoms with E-state index in [1.807, 2.05) is 79.2 Å². The molecule has 9 nitrogen and oxygen atoms in total. The van der Waals surface area contributed by atoms with E-state index in [1.165, 1.54) is 11.4 Å². The molecule has 1 aliphatic rings. The van der Waals surface area contributed by atoms with E-state index in [0.717, 1.165) is 39.8 Å². The van der Waals surface area contributed by atoms with Crippen LogP contribution in [0.2, 0.25) is 0 Å². The minimum atomic E-state index is -3.53. The Kier molecular flexibility index (Phi) is 8.44. The molecule has 10 heteroatoms. The molecular formula is C31H37N5O4S. The summed E-state index contributed by atoms with van der Waals surface area (Å²) in [6, 6.07) is 18.4. The van der Waals surface area contributed by atoms with Gasteiger partial charge in [-0.15, -0.1) is 0 Å². The maximum Gasteiger partial charge on any atom is 0.251 e. The molecule has 41 heavy (non-hydrogen) atoms. The number of aliphatic hydroxyl groups excluding tert-OH is 1. The van der Waals surface area contributed by atoms with E-state index in [1.54, 1.807) is 6.07 Å². The normalized spacial score (nSPS) is 15.9. The summed E-state index contributed by atoms with van der Waals surface area (Å²) in [6.45, 7) is 5.08. The average molecular weight is 576 g/mol. The number of benzene rings is 2. The van der Waals surface area contributed by atoms with Crippen LogP contribution >= 0.6 is 0 Å². The molecule has 0 radical (unpaired) electrons. The van der Waals surface area contributed by atoms with E-state index < -0.39 is 22.2 Å². The van der Waals surface area contributed by atoms with Crippen molar-refractivity contribution >= 4 is 32.5 Å². The number of hydrogen-bond donors (Lipinski definition) is 3. The quantitative estimate of drug-likeness (QED) is 0.268. The number of nitrogens with zero attached hydrogens (tertiary/aromatic N) is 3. The largest absolute Gasteiger partial charge is 0.390 e. The second-order valence-electron chi connectivity index (χ2n) is 10.6. The van der Waals surface area contributed by atoms with Crippen LogP contribution in [-0.4, -0.2) is 60.5 Å². The predicted octanol–water partition coefficient (Wildman–Crippen LogP) is 3.18. The number of amides is 1. The zero-order valence-electron chi connectivity index (χ0n) is 23.7. The summed E-state index contributed by atoms with van der Waals surface area (Å²) in [6.07, 6.45) is 2.28. The van der Waals surface area contributed by atoms with Crippen LogP contribution in [0.3, 0.4) is 0 Å². The SMILES string of the molecule is CCc1cn2c3c(cc(C(=O)N[C@@H](Cc4ccccc4)[C@H](O)CNCc4cccc(C)n4)cc13)N(C)S(=O)(=O)CC2. The number of carbonyl (C=O) groups is 1. The van der Waals surface area contributed by atoms with Crippen molar-refractivity contribution in [2.75, 3.05) is 23.7 Å². The van der Waals surface area contributed by atoms with E-state index in [2.05, 4.69) is 15.6 Å². The first-order chi connectivity index (χ1) is 19.7. The van der Waals surface area contributed by atoms with Crippen LogP contribution in [0.1, 0.15) is 39.8 Å². The van der Waals surface area contributed by atoms with Crippen LogP contribution in [0.15, 0.2) is 66.9 Å². The van der Waals surface area contributed by atoms with Gasteiger partial charge in [-0.1, -0.05) is 43.3 Å². The molecule has 2 aromatic heterocycles. The van der Waals surface area contributed by atoms with Gasteiger partial charge in [0.2, 0.25) is 10.0 Å². The van der Waals surface area contributed by atoms with Gasteiger partial charge in [0.1, 0.15) is 0 Å². The molecule has 0 saturated carbocycles. The van der Waals surface area contributed by atoms with Gasteiger partial charge in [0.15, 0.2) is 0 Å². The molecule has 0 fully saturated rings. The second-order valence-corrected chi connectivity index (χ2v) is 12.7. The highest BCUT2D eigenvalue weighted by molar-refractivity contribution is 7.92. The lowest BCUT2D eigenvalue weighted by molar-refractivity contribution is 0.0830. The minimum absolute atomic E-state index is 0.0109. The van der Waals surface area contributed by atoms with Crippen molar-refractivity contribution < 1.29 is 18.3 Å². The van der Waals surface area contributed by atoms with E-state index in [0.29, 0.717) is 30.8 Å². The van der Waals surface area contributed by atoms with Crippen molar-refractivity contribution in [3.63, 3.8) is 0 Å². The lowest BCUT2D eigenvalue weighted by Gasteiger charge is -2.25. The smallest absolute Gasteiger partial charge is 0.251 e. The fourth-order valence-electron chi connectivity index (χ4n) is 5.41. The lowest BCUT2D eigenvalue weighted by Crippen LogP contribution is -2.48. The third-order valence-electron chi connectivity index (χ3n) is 7.71. The Balaban J connectivity index is 1.42. The third-order valence-corrected chi connectivity index (χ3v) is 9.44. The van der Waals surface area contributed by atoms with Crippen molar-refractivity contribution in [1.82, 2.24) is 20.2 Å². The Hall–Kier alpha value is -3.73. The molecule has 3 N–H and O–H groups in total. The molecule has 0 spiro atoms. The van der Waals surface area contributed by atoms with E-state index in [9.17, 15) is 18.3 Å². The maximum atomic E-state index is 13.7. The Labute approximate surface area is 241 Å². The van der Waals surface area contributed by atoms with Crippen LogP contribution in [-0.2, 0) is 36.0 Å². The molecule has 0 saturated heterocycles. The van der Waals surface area contributed by atoms with Crippen molar-refractivity contribution in [3.05, 3.63) is 94.9 Å². The number of carbonyl (C=O) groups excluding carboxylic acids is 1. The van der Waals surface area contributed by atoms with Crippen molar-refractivity contribution in [2.24, 2.45) is 0 Å². The number of rotatable bonds is 10. The van der Waals surface area contributed by atoms with E-state index >= 15 is 0 Å². The van der Waals surface area contributed by atoms with Crippen LogP contribution in [0, 0.1) is 6.92 Å². The molecule has 2 aromatic carbocycles. The van der Waals surface area contributed by atoms with Crippen LogP contribution < -0.4 is 14.9 Å². The first-order valence-corrected chi connectivity index (χ1v) is 15.6. The maximum absolute atomic E-state index is 13.7. The summed E-state index contributed by atoms with van der Waals surface area (Å²) in [7, 11) is -1.99. The molecule has 0 unspecified atom stereocenters. The molecule has 1 amide bonds. The summed E-state index contributed by atoms with van der Waals surface area (Å²) < 4.78 is 29.1. The van der Waals surface area contributed by atoms with E-state index in [-0.39, 0.29) is 18.2 Å². The zero-order valence-corrected chi connectivity index (χ0v) is 24.5. The molecular weight excluding hydrogens is 538 g/mol. The van der Waals surface area contributed by atoms with Gasteiger partial charge in [-0.25, -0.2) is 8.42 Å². The Morgan fingerprint density at radius 1 is 1.12 bits per heavy atom. The van der Waals surface area contributed by atoms with E-state index in [4.69, 9.17) is 0 Å². The first-order valence-electron chi connectivity index (χ1n) is 13.9. The number of pyridine rings is 1. The highest BCUT2D eigenvalue weighted by Crippen LogP contribution is 2.35. The topological polar surface area (TPSA) is 117 Å². The van der Waals surface area contributed by atoms with Gasteiger partial charge in [0.05, 0.1) is 34.8 Å². The fraction of sp³-hybridized carbons (Fsp3) is 0.355. The van der Waals surface area contributed by atoms with Gasteiger partial charge in [-0.05, 0) is 55.2 Å². The zero-order chi connectivity index (χ0) is 29.1. The molecule has 0 aliphatic carbocycles. The average Bonchev–Trinajstić information content (AvgIpc) is 3.29. The number of hydrogen-bond acceptors (Lipinski definition) is 6. The van der Waals surface area contributed by atoms with Gasteiger partial charge in [-0.2, -0.15) is 0 Å². The number of aromatic nitrogens is 2. The van der Waals surface area contributed by atoms with Gasteiger partial charge >= 0.3 is 0 Å². The van der Waals surface area contributed by atoms with Gasteiger partial charge in [0.25, 0.3) is 5.91 Å². The van der Waals surface area contributed by atoms with Gasteiger partial charge in [-0.3, -0.25) is 14.1 Å². The van der Waals surface area contributed by atoms with Gasteiger partial charge in [0, 0.05) is 49.5 Å². The Morgan fingerprint density at radius 3 is 2.63 bits per heavy atom. The summed E-state index contributed by atoms with van der Waals surface area (Å²) in [5, 5.41) is 18.4. The Morgan fingerprint density at radius 2 is 1.90 bits per heavy atom. The highest BCUT2D eigenvalue weighted by atomic mass is 32.2. The van der Waals surface area contributed by atoms with Crippen LogP contribution in [0.4, 0.5) is 5.69 Å². The molecule has 3 heterocycles. The number of sulfonamides is 1. The molecule has 1 aliphatic heterocycles. The monoisotopic (exact) mass is 575 g/mol. The molecule has 4 aromatic rings. The minimum Gasteiger partial charge on any atom is -0.390 e. The van der Waals surface area contributed by atoms with Crippen molar-refractivity contribution in [1.29, 1.82) is 0 Å². The standard InChI is InChI=1S/C31H37N5O4S/c1-4-23-20-36-13-14-41(39,40)35(3)28-17-24(16-26(23)30(28)36)31(38)34-27(15-22-10-6-5-7-11-22)29(37)19-32-18-25-12-8-9-21(2)33-25/h5-12,16-17,20,27,29,32,37H,4,13-15,18-19H2,1-3H3,(H,34,38)/t27-,29+/m0/s1. The summed E-state index contributed by atoms with van der Waals surface area (Å²) in [5.41, 5.74) is 5.48. The third kappa shape index (κ3) is 6.29. The van der Waals surface area contributed by atoms with Gasteiger partial charge < -0.3 is 20.3 Å². The predicted molar refractivity (Wildman–Crippen MR) is 162 cm³/mol. The van der Waals surface area contributed by atoms with Crippen molar-refractivity contribution in [3.8, 4) is 0 Å². The number of anilines is 1. The highest BCUT2D eigenvalue weighted by Gasteiger charge is 2.29. The van der Waals surface area contributed by atoms with Crippen LogP contribution in [0.5, 0.6) is 0 Å². The molecule has 0 bridgehead atoms. The number of nitrogens with one attached hydrogen (secondary N) is 2. The fourth-order valence-corrected chi connectivity index (χ4v) is 6.55. The number of aliphatic hydroxyl groups is 1. The second kappa shape index (κ2) is 12.0. The van der Waals surface area contributed by atoms with Crippen molar-refractivity contribution in [2.45, 2.75) is 51.9 Å². The number of aryl methyl sites for hydroxylation is 3. The molecule has 5 rings (SSSR count). The molecule has 2 atom stereocenters. The molecule has 216 valence electrons. The summed E-state index contributed by atoms with van der Waals surface area (Å²) in [4.78, 5) is 18.2. The lowest BCUT2D eigenvalue weighted by atomic mass is 9.99.